The zero-order valence-electron chi connectivity index (χ0n) is 15.7. The summed E-state index contributed by atoms with van der Waals surface area (Å²) in [6.07, 6.45) is 1.50. The fourth-order valence-corrected chi connectivity index (χ4v) is 3.18. The van der Waals surface area contributed by atoms with E-state index in [1.54, 1.807) is 6.07 Å². The van der Waals surface area contributed by atoms with Crippen LogP contribution >= 0.6 is 11.6 Å². The lowest BCUT2D eigenvalue weighted by Crippen LogP contribution is -2.13. The van der Waals surface area contributed by atoms with E-state index >= 15 is 0 Å². The summed E-state index contributed by atoms with van der Waals surface area (Å²) in [5.41, 5.74) is 3.36. The van der Waals surface area contributed by atoms with E-state index in [9.17, 15) is 19.6 Å². The number of aromatic nitrogens is 1. The van der Waals surface area contributed by atoms with Crippen LogP contribution in [-0.4, -0.2) is 15.6 Å². The van der Waals surface area contributed by atoms with Gasteiger partial charge in [-0.2, -0.15) is 5.26 Å². The predicted octanol–water partition coefficient (Wildman–Crippen LogP) is 5.14. The van der Waals surface area contributed by atoms with Gasteiger partial charge in [0.05, 0.1) is 5.02 Å². The molecule has 0 aliphatic rings. The molecular formula is C22H17ClFN3O2. The van der Waals surface area contributed by atoms with E-state index in [4.69, 9.17) is 11.6 Å². The number of rotatable bonds is 4. The minimum Gasteiger partial charge on any atom is -0.508 e. The standard InChI is InChI=1S/C22H17ClFN3O2/c1-13-9-15(14(2)27(13)18-5-8-21(24)20(23)11-18)10-16(12-25)22(29)26-17-3-6-19(28)7-4-17/h3-11,28H,1-2H3,(H,26,29)/b16-10-. The lowest BCUT2D eigenvalue weighted by atomic mass is 10.1. The summed E-state index contributed by atoms with van der Waals surface area (Å²) in [4.78, 5) is 12.5. The third-order valence-corrected chi connectivity index (χ3v) is 4.71. The molecule has 1 heterocycles. The molecule has 0 saturated heterocycles. The molecule has 0 bridgehead atoms. The van der Waals surface area contributed by atoms with Crippen LogP contribution in [0.25, 0.3) is 11.8 Å². The van der Waals surface area contributed by atoms with E-state index in [1.807, 2.05) is 30.6 Å². The number of nitrogens with one attached hydrogen (secondary N) is 1. The molecule has 2 aromatic carbocycles. The first-order valence-corrected chi connectivity index (χ1v) is 9.04. The van der Waals surface area contributed by atoms with Gasteiger partial charge in [-0.05, 0) is 74.0 Å². The van der Waals surface area contributed by atoms with Gasteiger partial charge < -0.3 is 15.0 Å². The second-order valence-electron chi connectivity index (χ2n) is 6.43. The van der Waals surface area contributed by atoms with Crippen LogP contribution in [0.5, 0.6) is 5.75 Å². The number of anilines is 1. The zero-order valence-corrected chi connectivity index (χ0v) is 16.5. The van der Waals surface area contributed by atoms with Gasteiger partial charge in [0.15, 0.2) is 0 Å². The fraction of sp³-hybridized carbons (Fsp3) is 0.0909. The smallest absolute Gasteiger partial charge is 0.266 e. The highest BCUT2D eigenvalue weighted by molar-refractivity contribution is 6.30. The van der Waals surface area contributed by atoms with Crippen molar-refractivity contribution in [2.24, 2.45) is 0 Å². The highest BCUT2D eigenvalue weighted by atomic mass is 35.5. The molecule has 0 spiro atoms. The van der Waals surface area contributed by atoms with Crippen molar-refractivity contribution in [3.8, 4) is 17.5 Å². The monoisotopic (exact) mass is 409 g/mol. The van der Waals surface area contributed by atoms with Gasteiger partial charge >= 0.3 is 0 Å². The number of aryl methyl sites for hydroxylation is 1. The van der Waals surface area contributed by atoms with Crippen molar-refractivity contribution in [2.45, 2.75) is 13.8 Å². The molecule has 0 aliphatic heterocycles. The Balaban J connectivity index is 1.94. The molecule has 0 atom stereocenters. The molecule has 2 N–H and O–H groups in total. The Labute approximate surface area is 172 Å². The van der Waals surface area contributed by atoms with E-state index in [0.29, 0.717) is 16.9 Å². The number of halogens is 2. The van der Waals surface area contributed by atoms with Gasteiger partial charge in [-0.3, -0.25) is 4.79 Å². The van der Waals surface area contributed by atoms with Crippen molar-refractivity contribution in [1.82, 2.24) is 4.57 Å². The average Bonchev–Trinajstić information content (AvgIpc) is 2.97. The van der Waals surface area contributed by atoms with Crippen LogP contribution in [0.1, 0.15) is 17.0 Å². The van der Waals surface area contributed by atoms with Crippen LogP contribution in [0, 0.1) is 31.0 Å². The number of amides is 1. The summed E-state index contributed by atoms with van der Waals surface area (Å²) in [5, 5.41) is 21.4. The molecular weight excluding hydrogens is 393 g/mol. The summed E-state index contributed by atoms with van der Waals surface area (Å²) in [6.45, 7) is 3.70. The van der Waals surface area contributed by atoms with Crippen LogP contribution in [0.2, 0.25) is 5.02 Å². The van der Waals surface area contributed by atoms with Gasteiger partial charge in [-0.15, -0.1) is 0 Å². The molecule has 3 rings (SSSR count). The van der Waals surface area contributed by atoms with E-state index < -0.39 is 11.7 Å². The van der Waals surface area contributed by atoms with Gasteiger partial charge in [-0.25, -0.2) is 4.39 Å². The molecule has 146 valence electrons. The first-order valence-electron chi connectivity index (χ1n) is 8.66. The van der Waals surface area contributed by atoms with Crippen LogP contribution < -0.4 is 5.32 Å². The number of hydrogen-bond donors (Lipinski definition) is 2. The van der Waals surface area contributed by atoms with Gasteiger partial charge in [0.1, 0.15) is 23.2 Å². The first-order chi connectivity index (χ1) is 13.8. The number of phenols is 1. The number of carbonyl (C=O) groups excluding carboxylic acids is 1. The Hall–Kier alpha value is -3.56. The van der Waals surface area contributed by atoms with Crippen LogP contribution in [-0.2, 0) is 4.79 Å². The molecule has 0 fully saturated rings. The molecule has 3 aromatic rings. The maximum atomic E-state index is 13.5. The Morgan fingerprint density at radius 2 is 1.90 bits per heavy atom. The first kappa shape index (κ1) is 20.2. The Morgan fingerprint density at radius 1 is 1.21 bits per heavy atom. The van der Waals surface area contributed by atoms with Crippen molar-refractivity contribution in [3.05, 3.63) is 81.9 Å². The van der Waals surface area contributed by atoms with Gasteiger partial charge in [0.2, 0.25) is 0 Å². The summed E-state index contributed by atoms with van der Waals surface area (Å²) in [6, 6.07) is 14.1. The third-order valence-electron chi connectivity index (χ3n) is 4.42. The predicted molar refractivity (Wildman–Crippen MR) is 111 cm³/mol. The SMILES string of the molecule is Cc1cc(/C=C(/C#N)C(=O)Nc2ccc(O)cc2)c(C)n1-c1ccc(F)c(Cl)c1. The molecule has 1 aromatic heterocycles. The van der Waals surface area contributed by atoms with E-state index in [-0.39, 0.29) is 16.3 Å². The molecule has 7 heteroatoms. The van der Waals surface area contributed by atoms with Gasteiger partial charge in [-0.1, -0.05) is 11.6 Å². The summed E-state index contributed by atoms with van der Waals surface area (Å²) >= 11 is 5.90. The van der Waals surface area contributed by atoms with Crippen molar-refractivity contribution >= 4 is 29.3 Å². The summed E-state index contributed by atoms with van der Waals surface area (Å²) in [5.74, 6) is -0.990. The quantitative estimate of drug-likeness (QED) is 0.356. The summed E-state index contributed by atoms with van der Waals surface area (Å²) in [7, 11) is 0. The Bertz CT molecular complexity index is 1160. The highest BCUT2D eigenvalue weighted by Gasteiger charge is 2.15. The topological polar surface area (TPSA) is 78.1 Å². The minimum absolute atomic E-state index is 0.0121. The molecule has 0 aliphatic carbocycles. The molecule has 1 amide bonds. The average molecular weight is 410 g/mol. The van der Waals surface area contributed by atoms with Crippen LogP contribution in [0.15, 0.2) is 54.1 Å². The molecule has 29 heavy (non-hydrogen) atoms. The fourth-order valence-electron chi connectivity index (χ4n) is 3.00. The van der Waals surface area contributed by atoms with Crippen molar-refractivity contribution < 1.29 is 14.3 Å². The lowest BCUT2D eigenvalue weighted by molar-refractivity contribution is -0.112. The largest absolute Gasteiger partial charge is 0.508 e. The zero-order chi connectivity index (χ0) is 21.1. The number of phenolic OH excluding ortho intramolecular Hbond substituents is 1. The molecule has 0 saturated carbocycles. The lowest BCUT2D eigenvalue weighted by Gasteiger charge is -2.10. The Morgan fingerprint density at radius 3 is 2.52 bits per heavy atom. The van der Waals surface area contributed by atoms with E-state index in [2.05, 4.69) is 5.32 Å². The maximum absolute atomic E-state index is 13.5. The number of benzene rings is 2. The van der Waals surface area contributed by atoms with Crippen molar-refractivity contribution in [1.29, 1.82) is 5.26 Å². The van der Waals surface area contributed by atoms with Crippen molar-refractivity contribution in [3.63, 3.8) is 0 Å². The van der Waals surface area contributed by atoms with Crippen LogP contribution in [0.3, 0.4) is 0 Å². The van der Waals surface area contributed by atoms with Gasteiger partial charge in [0.25, 0.3) is 5.91 Å². The number of nitrogens with zero attached hydrogens (tertiary/aromatic N) is 2. The van der Waals surface area contributed by atoms with E-state index in [0.717, 1.165) is 11.4 Å². The van der Waals surface area contributed by atoms with E-state index in [1.165, 1.54) is 42.5 Å². The Kier molecular flexibility index (Phi) is 5.71. The number of nitriles is 1. The normalized spacial score (nSPS) is 11.2. The summed E-state index contributed by atoms with van der Waals surface area (Å²) < 4.78 is 15.3. The number of hydrogen-bond acceptors (Lipinski definition) is 3. The second-order valence-corrected chi connectivity index (χ2v) is 6.84. The number of carbonyl (C=O) groups is 1. The minimum atomic E-state index is -0.562. The van der Waals surface area contributed by atoms with Crippen molar-refractivity contribution in [2.75, 3.05) is 5.32 Å². The molecule has 0 unspecified atom stereocenters. The third kappa shape index (κ3) is 4.31. The van der Waals surface area contributed by atoms with Gasteiger partial charge in [0, 0.05) is 22.8 Å². The number of aromatic hydroxyl groups is 1. The maximum Gasteiger partial charge on any atom is 0.266 e. The molecule has 5 nitrogen and oxygen atoms in total. The van der Waals surface area contributed by atoms with Crippen LogP contribution in [0.4, 0.5) is 10.1 Å². The second kappa shape index (κ2) is 8.21. The molecule has 0 radical (unpaired) electrons. The highest BCUT2D eigenvalue weighted by Crippen LogP contribution is 2.26.